The summed E-state index contributed by atoms with van der Waals surface area (Å²) in [5.41, 5.74) is 1.77. The number of amides is 1. The van der Waals surface area contributed by atoms with Gasteiger partial charge in [-0.1, -0.05) is 0 Å². The third-order valence-electron chi connectivity index (χ3n) is 2.98. The highest BCUT2D eigenvalue weighted by molar-refractivity contribution is 7.80. The molecule has 9 heteroatoms. The normalized spacial score (nSPS) is 10.2. The average Bonchev–Trinajstić information content (AvgIpc) is 2.44. The molecular weight excluding hydrogens is 306 g/mol. The van der Waals surface area contributed by atoms with E-state index >= 15 is 0 Å². The molecule has 0 spiro atoms. The second-order valence-corrected chi connectivity index (χ2v) is 4.85. The summed E-state index contributed by atoms with van der Waals surface area (Å²) >= 11 is 5.06. The smallest absolute Gasteiger partial charge is 0.332 e. The number of nitrogens with zero attached hydrogens (tertiary/aromatic N) is 3. The van der Waals surface area contributed by atoms with Crippen LogP contribution >= 0.6 is 12.2 Å². The Morgan fingerprint density at radius 1 is 1.23 bits per heavy atom. The molecule has 1 aromatic rings. The molecule has 0 saturated heterocycles. The number of nitrogens with one attached hydrogen (secondary N) is 2. The summed E-state index contributed by atoms with van der Waals surface area (Å²) in [5, 5.41) is 4.17. The Balaban J connectivity index is 3.43. The maximum Gasteiger partial charge on any atom is 0.332 e. The first-order chi connectivity index (χ1) is 10.4. The number of anilines is 1. The van der Waals surface area contributed by atoms with Crippen molar-refractivity contribution in [3.05, 3.63) is 26.9 Å². The van der Waals surface area contributed by atoms with Crippen molar-refractivity contribution >= 4 is 29.1 Å². The van der Waals surface area contributed by atoms with Crippen LogP contribution in [0.4, 0.5) is 5.82 Å². The molecule has 2 N–H and O–H groups in total. The Kier molecular flexibility index (Phi) is 6.29. The van der Waals surface area contributed by atoms with Crippen molar-refractivity contribution in [2.45, 2.75) is 40.8 Å². The summed E-state index contributed by atoms with van der Waals surface area (Å²) in [5.74, 6) is -0.231. The lowest BCUT2D eigenvalue weighted by Crippen LogP contribution is -2.52. The Morgan fingerprint density at radius 2 is 1.82 bits per heavy atom. The molecule has 1 amide bonds. The lowest BCUT2D eigenvalue weighted by molar-refractivity contribution is -0.117. The second-order valence-electron chi connectivity index (χ2n) is 4.44. The van der Waals surface area contributed by atoms with Crippen LogP contribution in [0, 0.1) is 0 Å². The quantitative estimate of drug-likeness (QED) is 0.588. The van der Waals surface area contributed by atoms with E-state index in [1.165, 1.54) is 17.6 Å². The van der Waals surface area contributed by atoms with Crippen LogP contribution in [0.15, 0.2) is 15.7 Å². The fourth-order valence-corrected chi connectivity index (χ4v) is 2.21. The molecule has 1 aromatic heterocycles. The molecule has 0 fully saturated rings. The van der Waals surface area contributed by atoms with Crippen LogP contribution < -0.4 is 27.0 Å². The Labute approximate surface area is 133 Å². The van der Waals surface area contributed by atoms with Crippen LogP contribution in [-0.2, 0) is 17.9 Å². The zero-order valence-corrected chi connectivity index (χ0v) is 14.0. The standard InChI is InChI=1S/C13H21N5O3S/c1-5-14-12(22)15-18(9(4)19)10-8-11(20)17(7-3)13(21)16(10)6-2/h8H,5-7H2,1-4H3,(H2,14,15,22). The van der Waals surface area contributed by atoms with Gasteiger partial charge < -0.3 is 5.32 Å². The van der Waals surface area contributed by atoms with E-state index < -0.39 is 17.2 Å². The fraction of sp³-hybridized carbons (Fsp3) is 0.538. The first-order valence-corrected chi connectivity index (χ1v) is 7.47. The van der Waals surface area contributed by atoms with Gasteiger partial charge in [-0.2, -0.15) is 0 Å². The van der Waals surface area contributed by atoms with Gasteiger partial charge in [-0.05, 0) is 33.0 Å². The highest BCUT2D eigenvalue weighted by Gasteiger charge is 2.19. The summed E-state index contributed by atoms with van der Waals surface area (Å²) in [6.07, 6.45) is 0. The van der Waals surface area contributed by atoms with Crippen LogP contribution in [0.5, 0.6) is 0 Å². The average molecular weight is 327 g/mol. The van der Waals surface area contributed by atoms with Crippen molar-refractivity contribution in [2.75, 3.05) is 11.6 Å². The topological polar surface area (TPSA) is 88.4 Å². The molecule has 0 saturated carbocycles. The highest BCUT2D eigenvalue weighted by atomic mass is 32.1. The van der Waals surface area contributed by atoms with Crippen molar-refractivity contribution in [1.29, 1.82) is 0 Å². The van der Waals surface area contributed by atoms with Crippen molar-refractivity contribution in [2.24, 2.45) is 0 Å². The number of carbonyl (C=O) groups excluding carboxylic acids is 1. The van der Waals surface area contributed by atoms with Gasteiger partial charge in [0.05, 0.1) is 0 Å². The SMILES string of the molecule is CCNC(=S)NN(C(C)=O)c1cc(=O)n(CC)c(=O)n1CC. The molecule has 8 nitrogen and oxygen atoms in total. The van der Waals surface area contributed by atoms with E-state index in [4.69, 9.17) is 12.2 Å². The maximum atomic E-state index is 12.3. The van der Waals surface area contributed by atoms with Gasteiger partial charge in [0.2, 0.25) is 5.91 Å². The monoisotopic (exact) mass is 327 g/mol. The first kappa shape index (κ1) is 17.9. The van der Waals surface area contributed by atoms with E-state index in [1.807, 2.05) is 6.92 Å². The number of hydrazine groups is 1. The number of thiocarbonyl (C=S) groups is 1. The van der Waals surface area contributed by atoms with E-state index in [0.29, 0.717) is 13.1 Å². The van der Waals surface area contributed by atoms with Crippen LogP contribution in [0.25, 0.3) is 0 Å². The minimum absolute atomic E-state index is 0.162. The lowest BCUT2D eigenvalue weighted by Gasteiger charge is -2.26. The molecule has 1 heterocycles. The molecule has 22 heavy (non-hydrogen) atoms. The molecular formula is C13H21N5O3S. The predicted octanol–water partition coefficient (Wildman–Crippen LogP) is -0.198. The predicted molar refractivity (Wildman–Crippen MR) is 88.9 cm³/mol. The van der Waals surface area contributed by atoms with E-state index in [2.05, 4.69) is 10.7 Å². The van der Waals surface area contributed by atoms with Crippen molar-refractivity contribution in [3.63, 3.8) is 0 Å². The highest BCUT2D eigenvalue weighted by Crippen LogP contribution is 2.08. The molecule has 0 aliphatic heterocycles. The maximum absolute atomic E-state index is 12.3. The van der Waals surface area contributed by atoms with E-state index in [1.54, 1.807) is 13.8 Å². The molecule has 0 aliphatic rings. The van der Waals surface area contributed by atoms with Crippen molar-refractivity contribution in [1.82, 2.24) is 19.9 Å². The van der Waals surface area contributed by atoms with Crippen molar-refractivity contribution < 1.29 is 4.79 Å². The molecule has 0 aromatic carbocycles. The molecule has 0 atom stereocenters. The zero-order valence-electron chi connectivity index (χ0n) is 13.2. The van der Waals surface area contributed by atoms with E-state index in [0.717, 1.165) is 9.58 Å². The second kappa shape index (κ2) is 7.74. The van der Waals surface area contributed by atoms with Gasteiger partial charge in [0.15, 0.2) is 5.11 Å². The third-order valence-corrected chi connectivity index (χ3v) is 3.22. The van der Waals surface area contributed by atoms with Crippen LogP contribution in [0.2, 0.25) is 0 Å². The summed E-state index contributed by atoms with van der Waals surface area (Å²) in [7, 11) is 0. The largest absolute Gasteiger partial charge is 0.362 e. The van der Waals surface area contributed by atoms with Crippen LogP contribution in [-0.4, -0.2) is 26.7 Å². The number of aromatic nitrogens is 2. The lowest BCUT2D eigenvalue weighted by atomic mass is 10.4. The summed E-state index contributed by atoms with van der Waals surface area (Å²) in [6.45, 7) is 7.80. The Hall–Kier alpha value is -2.16. The van der Waals surface area contributed by atoms with Crippen molar-refractivity contribution in [3.8, 4) is 0 Å². The van der Waals surface area contributed by atoms with E-state index in [9.17, 15) is 14.4 Å². The molecule has 0 radical (unpaired) electrons. The summed E-state index contributed by atoms with van der Waals surface area (Å²) < 4.78 is 2.45. The van der Waals surface area contributed by atoms with Gasteiger partial charge >= 0.3 is 5.69 Å². The molecule has 0 aliphatic carbocycles. The van der Waals surface area contributed by atoms with Gasteiger partial charge in [0.1, 0.15) is 5.82 Å². The number of carbonyl (C=O) groups is 1. The summed E-state index contributed by atoms with van der Waals surface area (Å²) in [6, 6.07) is 1.25. The number of hydrogen-bond acceptors (Lipinski definition) is 4. The molecule has 0 unspecified atom stereocenters. The molecule has 1 rings (SSSR count). The summed E-state index contributed by atoms with van der Waals surface area (Å²) in [4.78, 5) is 36.2. The number of hydrogen-bond donors (Lipinski definition) is 2. The number of rotatable bonds is 4. The first-order valence-electron chi connectivity index (χ1n) is 7.07. The van der Waals surface area contributed by atoms with Crippen LogP contribution in [0.3, 0.4) is 0 Å². The minimum atomic E-state index is -0.463. The van der Waals surface area contributed by atoms with E-state index in [-0.39, 0.29) is 17.5 Å². The Morgan fingerprint density at radius 3 is 2.27 bits per heavy atom. The zero-order chi connectivity index (χ0) is 16.9. The third kappa shape index (κ3) is 3.73. The Bertz CT molecular complexity index is 679. The van der Waals surface area contributed by atoms with Gasteiger partial charge in [-0.25, -0.2) is 9.80 Å². The van der Waals surface area contributed by atoms with Gasteiger partial charge in [-0.3, -0.25) is 24.1 Å². The van der Waals surface area contributed by atoms with Gasteiger partial charge in [0, 0.05) is 32.6 Å². The molecule has 0 bridgehead atoms. The van der Waals surface area contributed by atoms with Gasteiger partial charge in [0.25, 0.3) is 5.56 Å². The van der Waals surface area contributed by atoms with Crippen LogP contribution in [0.1, 0.15) is 27.7 Å². The fourth-order valence-electron chi connectivity index (χ4n) is 1.98. The molecule has 122 valence electrons. The minimum Gasteiger partial charge on any atom is -0.362 e. The van der Waals surface area contributed by atoms with Gasteiger partial charge in [-0.15, -0.1) is 0 Å².